The number of nitrogen functional groups attached to an aromatic ring is 1. The number of aromatic nitrogens is 3. The Kier molecular flexibility index (Phi) is 7.07. The Morgan fingerprint density at radius 3 is 2.82 bits per heavy atom. The van der Waals surface area contributed by atoms with Crippen molar-refractivity contribution >= 4 is 74.7 Å². The quantitative estimate of drug-likeness (QED) is 0.266. The van der Waals surface area contributed by atoms with Crippen LogP contribution in [-0.4, -0.2) is 65.9 Å². The lowest BCUT2D eigenvalue weighted by Gasteiger charge is -2.49. The Bertz CT molecular complexity index is 1170. The van der Waals surface area contributed by atoms with Crippen LogP contribution in [0, 0.1) is 6.92 Å². The predicted molar refractivity (Wildman–Crippen MR) is 130 cm³/mol. The summed E-state index contributed by atoms with van der Waals surface area (Å²) in [6.07, 6.45) is 2.33. The van der Waals surface area contributed by atoms with E-state index in [1.54, 1.807) is 11.5 Å². The summed E-state index contributed by atoms with van der Waals surface area (Å²) in [7, 11) is 0. The van der Waals surface area contributed by atoms with E-state index in [1.807, 2.05) is 13.8 Å². The molecule has 0 radical (unpaired) electrons. The first-order valence-electron chi connectivity index (χ1n) is 9.85. The molecule has 0 aromatic carbocycles. The molecule has 33 heavy (non-hydrogen) atoms. The molecule has 10 nitrogen and oxygen atoms in total. The predicted octanol–water partition coefficient (Wildman–Crippen LogP) is 2.21. The lowest BCUT2D eigenvalue weighted by atomic mass is 10.0. The van der Waals surface area contributed by atoms with Crippen LogP contribution in [0.5, 0.6) is 0 Å². The first-order valence-corrected chi connectivity index (χ1v) is 13.6. The number of aryl methyl sites for hydroxylation is 1. The van der Waals surface area contributed by atoms with Gasteiger partial charge in [0.25, 0.3) is 11.8 Å². The minimum atomic E-state index is -1.16. The van der Waals surface area contributed by atoms with Crippen molar-refractivity contribution in [3.05, 3.63) is 33.4 Å². The molecule has 4 rings (SSSR count). The molecule has 14 heteroatoms. The zero-order valence-corrected chi connectivity index (χ0v) is 20.9. The molecule has 0 aliphatic carbocycles. The summed E-state index contributed by atoms with van der Waals surface area (Å²) in [5.74, 6) is -1.21. The molecule has 174 valence electrons. The van der Waals surface area contributed by atoms with E-state index in [0.717, 1.165) is 9.35 Å². The van der Waals surface area contributed by atoms with Gasteiger partial charge >= 0.3 is 5.97 Å². The highest BCUT2D eigenvalue weighted by Gasteiger charge is 2.54. The third-order valence-corrected chi connectivity index (χ3v) is 8.94. The van der Waals surface area contributed by atoms with Crippen molar-refractivity contribution in [2.75, 3.05) is 17.2 Å². The van der Waals surface area contributed by atoms with Crippen molar-refractivity contribution in [2.24, 2.45) is 0 Å². The van der Waals surface area contributed by atoms with Crippen LogP contribution in [0.15, 0.2) is 27.1 Å². The molecular weight excluding hydrogens is 505 g/mol. The highest BCUT2D eigenvalue weighted by molar-refractivity contribution is 8.01. The average Bonchev–Trinajstić information content (AvgIpc) is 3.40. The second-order valence-electron chi connectivity index (χ2n) is 7.09. The van der Waals surface area contributed by atoms with Crippen molar-refractivity contribution in [3.63, 3.8) is 0 Å². The third-order valence-electron chi connectivity index (χ3n) is 4.86. The summed E-state index contributed by atoms with van der Waals surface area (Å²) < 4.78 is 0.745. The zero-order valence-electron chi connectivity index (χ0n) is 17.6. The number of amides is 2. The van der Waals surface area contributed by atoms with E-state index < -0.39 is 29.2 Å². The highest BCUT2D eigenvalue weighted by atomic mass is 32.2. The number of nitrogens with zero attached hydrogens (tertiary/aromatic N) is 4. The molecule has 4 N–H and O–H groups in total. The Hall–Kier alpha value is -2.42. The first-order chi connectivity index (χ1) is 15.8. The number of allylic oxidation sites excluding steroid dienone is 1. The van der Waals surface area contributed by atoms with Crippen molar-refractivity contribution in [3.8, 4) is 0 Å². The maximum absolute atomic E-state index is 12.9. The van der Waals surface area contributed by atoms with Crippen molar-refractivity contribution in [1.29, 1.82) is 0 Å². The van der Waals surface area contributed by atoms with Crippen molar-refractivity contribution in [2.45, 2.75) is 36.0 Å². The molecule has 0 spiro atoms. The number of thioether (sulfide) groups is 2. The fourth-order valence-corrected chi connectivity index (χ4v) is 7.29. The molecule has 0 bridgehead atoms. The summed E-state index contributed by atoms with van der Waals surface area (Å²) in [5.41, 5.74) is 7.12. The monoisotopic (exact) mass is 524 g/mol. The standard InChI is InChI=1S/C19H20N6O4S4/c1-3-4-10(11-7-31-18(20)21-11)14(26)22-12-15(27)25-13(17(28)29)9(5-30-16(12)25)6-32-19-24-23-8(2)33-19/h4,7,12,16H,3,5-6H2,1-2H3,(H2,20,21)(H,22,26)(H,28,29)/b10-4-/t12-,16-/m1/s1. The normalized spacial score (nSPS) is 20.5. The smallest absolute Gasteiger partial charge is 0.352 e. The van der Waals surface area contributed by atoms with Gasteiger partial charge in [-0.3, -0.25) is 14.5 Å². The number of carboxylic acid groups (broad SMARTS) is 1. The number of carbonyl (C=O) groups excluding carboxylic acids is 2. The number of hydrogen-bond donors (Lipinski definition) is 3. The number of carboxylic acids is 1. The third kappa shape index (κ3) is 4.78. The van der Waals surface area contributed by atoms with Crippen LogP contribution < -0.4 is 11.1 Å². The highest BCUT2D eigenvalue weighted by Crippen LogP contribution is 2.42. The summed E-state index contributed by atoms with van der Waals surface area (Å²) in [6.45, 7) is 3.74. The number of anilines is 1. The molecule has 2 aromatic rings. The number of thiazole rings is 1. The van der Waals surface area contributed by atoms with E-state index in [0.29, 0.717) is 39.9 Å². The molecule has 4 heterocycles. The SMILES string of the molecule is CC/C=C(\C(=O)N[C@@H]1C(=O)N2C(C(=O)O)=C(CSc3nnc(C)s3)CS[C@H]12)c1csc(N)n1. The number of fused-ring (bicyclic) bond motifs is 1. The van der Waals surface area contributed by atoms with Crippen molar-refractivity contribution in [1.82, 2.24) is 25.4 Å². The Morgan fingerprint density at radius 1 is 1.42 bits per heavy atom. The largest absolute Gasteiger partial charge is 0.477 e. The van der Waals surface area contributed by atoms with E-state index in [9.17, 15) is 19.5 Å². The molecule has 1 saturated heterocycles. The van der Waals surface area contributed by atoms with Crippen LogP contribution in [-0.2, 0) is 14.4 Å². The van der Waals surface area contributed by atoms with Crippen LogP contribution in [0.2, 0.25) is 0 Å². The lowest BCUT2D eigenvalue weighted by Crippen LogP contribution is -2.70. The van der Waals surface area contributed by atoms with Gasteiger partial charge in [0.15, 0.2) is 9.47 Å². The number of hydrogen-bond acceptors (Lipinski definition) is 11. The van der Waals surface area contributed by atoms with Gasteiger partial charge in [-0.25, -0.2) is 9.78 Å². The first kappa shape index (κ1) is 23.7. The summed E-state index contributed by atoms with van der Waals surface area (Å²) in [5, 5.41) is 23.0. The molecular formula is C19H20N6O4S4. The number of nitrogens with two attached hydrogens (primary N) is 1. The maximum Gasteiger partial charge on any atom is 0.352 e. The van der Waals surface area contributed by atoms with Crippen LogP contribution in [0.3, 0.4) is 0 Å². The molecule has 2 amide bonds. The average molecular weight is 525 g/mol. The van der Waals surface area contributed by atoms with Gasteiger partial charge in [-0.15, -0.1) is 33.3 Å². The van der Waals surface area contributed by atoms with Crippen LogP contribution in [0.25, 0.3) is 5.57 Å². The van der Waals surface area contributed by atoms with E-state index in [4.69, 9.17) is 5.73 Å². The van der Waals surface area contributed by atoms with Crippen molar-refractivity contribution < 1.29 is 19.5 Å². The summed E-state index contributed by atoms with van der Waals surface area (Å²) in [4.78, 5) is 43.3. The minimum absolute atomic E-state index is 0.0143. The van der Waals surface area contributed by atoms with Gasteiger partial charge in [-0.05, 0) is 18.9 Å². The van der Waals surface area contributed by atoms with E-state index in [-0.39, 0.29) is 5.70 Å². The lowest BCUT2D eigenvalue weighted by molar-refractivity contribution is -0.150. The van der Waals surface area contributed by atoms with E-state index in [2.05, 4.69) is 20.5 Å². The molecule has 2 aliphatic rings. The van der Waals surface area contributed by atoms with E-state index >= 15 is 0 Å². The minimum Gasteiger partial charge on any atom is -0.477 e. The van der Waals surface area contributed by atoms with Crippen LogP contribution in [0.4, 0.5) is 5.13 Å². The Morgan fingerprint density at radius 2 is 2.21 bits per heavy atom. The van der Waals surface area contributed by atoms with Gasteiger partial charge in [-0.1, -0.05) is 36.1 Å². The van der Waals surface area contributed by atoms with Gasteiger partial charge in [0, 0.05) is 16.9 Å². The van der Waals surface area contributed by atoms with Gasteiger partial charge in [0.2, 0.25) is 0 Å². The number of aliphatic carboxylic acids is 1. The van der Waals surface area contributed by atoms with Gasteiger partial charge in [-0.2, -0.15) is 0 Å². The molecule has 2 atom stereocenters. The summed E-state index contributed by atoms with van der Waals surface area (Å²) >= 11 is 5.49. The number of rotatable bonds is 8. The van der Waals surface area contributed by atoms with Crippen LogP contribution in [0.1, 0.15) is 24.0 Å². The van der Waals surface area contributed by atoms with Gasteiger partial charge in [0.1, 0.15) is 22.1 Å². The number of β-lactam (4-membered cyclic amide) rings is 1. The zero-order chi connectivity index (χ0) is 23.7. The van der Waals surface area contributed by atoms with Gasteiger partial charge in [0.05, 0.1) is 11.3 Å². The maximum atomic E-state index is 12.9. The van der Waals surface area contributed by atoms with E-state index in [1.165, 1.54) is 51.1 Å². The Labute approximate surface area is 205 Å². The summed E-state index contributed by atoms with van der Waals surface area (Å²) in [6, 6.07) is -0.812. The fraction of sp³-hybridized carbons (Fsp3) is 0.368. The van der Waals surface area contributed by atoms with Gasteiger partial charge < -0.3 is 16.2 Å². The fourth-order valence-electron chi connectivity index (χ4n) is 3.43. The Balaban J connectivity index is 1.49. The second-order valence-corrected chi connectivity index (χ2v) is 11.5. The second kappa shape index (κ2) is 9.83. The topological polar surface area (TPSA) is 151 Å². The molecule has 1 fully saturated rings. The van der Waals surface area contributed by atoms with Crippen LogP contribution >= 0.6 is 46.2 Å². The molecule has 2 aromatic heterocycles. The molecule has 0 unspecified atom stereocenters. The number of nitrogens with one attached hydrogen (secondary N) is 1. The molecule has 2 aliphatic heterocycles. The molecule has 0 saturated carbocycles. The number of carbonyl (C=O) groups is 3.